The van der Waals surface area contributed by atoms with E-state index >= 15 is 0 Å². The summed E-state index contributed by atoms with van der Waals surface area (Å²) in [6.45, 7) is 0. The number of aromatic nitrogens is 2. The molecule has 0 amide bonds. The first-order valence-electron chi connectivity index (χ1n) is 4.16. The molecule has 6 heteroatoms. The summed E-state index contributed by atoms with van der Waals surface area (Å²) in [5.41, 5.74) is 0.131. The fourth-order valence-electron chi connectivity index (χ4n) is 1.11. The molecular formula is C9H7BrFN3O. The molecule has 0 saturated heterocycles. The highest BCUT2D eigenvalue weighted by molar-refractivity contribution is 9.10. The SMILES string of the molecule is CNc1ncc(F)c(-c2occc2Br)n1. The van der Waals surface area contributed by atoms with Crippen molar-refractivity contribution in [2.24, 2.45) is 0 Å². The maximum absolute atomic E-state index is 13.4. The van der Waals surface area contributed by atoms with E-state index < -0.39 is 5.82 Å². The van der Waals surface area contributed by atoms with Crippen molar-refractivity contribution in [2.75, 3.05) is 12.4 Å². The monoisotopic (exact) mass is 271 g/mol. The number of nitrogens with zero attached hydrogens (tertiary/aromatic N) is 2. The van der Waals surface area contributed by atoms with E-state index in [2.05, 4.69) is 31.2 Å². The maximum Gasteiger partial charge on any atom is 0.223 e. The van der Waals surface area contributed by atoms with Gasteiger partial charge in [0.1, 0.15) is 5.69 Å². The summed E-state index contributed by atoms with van der Waals surface area (Å²) < 4.78 is 19.2. The first-order valence-corrected chi connectivity index (χ1v) is 4.95. The molecule has 0 unspecified atom stereocenters. The molecule has 0 aliphatic rings. The average molecular weight is 272 g/mol. The normalized spacial score (nSPS) is 10.3. The third-order valence-electron chi connectivity index (χ3n) is 1.80. The highest BCUT2D eigenvalue weighted by atomic mass is 79.9. The molecule has 0 aromatic carbocycles. The number of hydrogen-bond acceptors (Lipinski definition) is 4. The number of halogens is 2. The Balaban J connectivity index is 2.56. The zero-order chi connectivity index (χ0) is 10.8. The lowest BCUT2D eigenvalue weighted by atomic mass is 10.3. The quantitative estimate of drug-likeness (QED) is 0.913. The molecule has 0 aliphatic heterocycles. The van der Waals surface area contributed by atoms with Gasteiger partial charge in [0, 0.05) is 7.05 Å². The lowest BCUT2D eigenvalue weighted by Crippen LogP contribution is -1.99. The van der Waals surface area contributed by atoms with E-state index in [1.165, 1.54) is 6.26 Å². The summed E-state index contributed by atoms with van der Waals surface area (Å²) in [6.07, 6.45) is 2.56. The summed E-state index contributed by atoms with van der Waals surface area (Å²) in [7, 11) is 1.66. The molecule has 0 atom stereocenters. The van der Waals surface area contributed by atoms with Gasteiger partial charge in [0.05, 0.1) is 16.9 Å². The van der Waals surface area contributed by atoms with Crippen LogP contribution >= 0.6 is 15.9 Å². The van der Waals surface area contributed by atoms with E-state index in [4.69, 9.17) is 4.42 Å². The molecule has 0 saturated carbocycles. The molecule has 78 valence electrons. The topological polar surface area (TPSA) is 51.0 Å². The highest BCUT2D eigenvalue weighted by Gasteiger charge is 2.14. The van der Waals surface area contributed by atoms with Crippen molar-refractivity contribution in [1.29, 1.82) is 0 Å². The van der Waals surface area contributed by atoms with Crippen LogP contribution in [-0.2, 0) is 0 Å². The van der Waals surface area contributed by atoms with Crippen LogP contribution in [-0.4, -0.2) is 17.0 Å². The molecular weight excluding hydrogens is 265 g/mol. The molecule has 0 bridgehead atoms. The van der Waals surface area contributed by atoms with Crippen molar-refractivity contribution in [1.82, 2.24) is 9.97 Å². The smallest absolute Gasteiger partial charge is 0.223 e. The summed E-state index contributed by atoms with van der Waals surface area (Å²) in [6, 6.07) is 1.68. The Kier molecular flexibility index (Phi) is 2.68. The van der Waals surface area contributed by atoms with Gasteiger partial charge >= 0.3 is 0 Å². The van der Waals surface area contributed by atoms with Gasteiger partial charge in [-0.25, -0.2) is 14.4 Å². The van der Waals surface area contributed by atoms with Crippen LogP contribution < -0.4 is 5.32 Å². The predicted octanol–water partition coefficient (Wildman–Crippen LogP) is 2.68. The van der Waals surface area contributed by atoms with Crippen molar-refractivity contribution < 1.29 is 8.81 Å². The Labute approximate surface area is 93.7 Å². The van der Waals surface area contributed by atoms with Gasteiger partial charge in [-0.3, -0.25) is 0 Å². The maximum atomic E-state index is 13.4. The van der Waals surface area contributed by atoms with Gasteiger partial charge < -0.3 is 9.73 Å². The second-order valence-corrected chi connectivity index (χ2v) is 3.59. The second-order valence-electron chi connectivity index (χ2n) is 2.74. The Morgan fingerprint density at radius 2 is 2.33 bits per heavy atom. The van der Waals surface area contributed by atoms with Gasteiger partial charge in [0.15, 0.2) is 11.6 Å². The molecule has 0 spiro atoms. The fourth-order valence-corrected chi connectivity index (χ4v) is 1.50. The number of rotatable bonds is 2. The summed E-state index contributed by atoms with van der Waals surface area (Å²) in [5.74, 6) is 0.172. The third kappa shape index (κ3) is 1.85. The first kappa shape index (κ1) is 10.1. The summed E-state index contributed by atoms with van der Waals surface area (Å²) in [4.78, 5) is 7.72. The van der Waals surface area contributed by atoms with Crippen molar-refractivity contribution >= 4 is 21.9 Å². The molecule has 4 nitrogen and oxygen atoms in total. The molecule has 0 radical (unpaired) electrons. The zero-order valence-electron chi connectivity index (χ0n) is 7.79. The van der Waals surface area contributed by atoms with Gasteiger partial charge in [-0.05, 0) is 22.0 Å². The molecule has 0 aliphatic carbocycles. The minimum absolute atomic E-state index is 0.131. The van der Waals surface area contributed by atoms with Crippen molar-refractivity contribution in [3.63, 3.8) is 0 Å². The fraction of sp³-hybridized carbons (Fsp3) is 0.111. The van der Waals surface area contributed by atoms with E-state index in [9.17, 15) is 4.39 Å². The lowest BCUT2D eigenvalue weighted by molar-refractivity contribution is 0.561. The van der Waals surface area contributed by atoms with Crippen LogP contribution in [0.15, 0.2) is 27.4 Å². The Morgan fingerprint density at radius 1 is 1.53 bits per heavy atom. The Hall–Kier alpha value is -1.43. The number of anilines is 1. The first-order chi connectivity index (χ1) is 7.22. The molecule has 2 aromatic rings. The second kappa shape index (κ2) is 3.98. The van der Waals surface area contributed by atoms with E-state index in [1.54, 1.807) is 13.1 Å². The molecule has 1 N–H and O–H groups in total. The Bertz CT molecular complexity index is 486. The zero-order valence-corrected chi connectivity index (χ0v) is 9.38. The summed E-state index contributed by atoms with van der Waals surface area (Å²) >= 11 is 3.24. The standard InChI is InChI=1S/C9H7BrFN3O/c1-12-9-13-4-6(11)7(14-9)8-5(10)2-3-15-8/h2-4H,1H3,(H,12,13,14). The van der Waals surface area contributed by atoms with E-state index in [-0.39, 0.29) is 5.69 Å². The molecule has 2 rings (SSSR count). The van der Waals surface area contributed by atoms with E-state index in [0.29, 0.717) is 16.2 Å². The predicted molar refractivity (Wildman–Crippen MR) is 56.9 cm³/mol. The van der Waals surface area contributed by atoms with Crippen LogP contribution in [0.3, 0.4) is 0 Å². The van der Waals surface area contributed by atoms with Gasteiger partial charge in [-0.1, -0.05) is 0 Å². The van der Waals surface area contributed by atoms with Crippen LogP contribution in [0, 0.1) is 5.82 Å². The van der Waals surface area contributed by atoms with E-state index in [1.807, 2.05) is 0 Å². The Morgan fingerprint density at radius 3 is 2.93 bits per heavy atom. The largest absolute Gasteiger partial charge is 0.461 e. The van der Waals surface area contributed by atoms with Crippen LogP contribution in [0.1, 0.15) is 0 Å². The van der Waals surface area contributed by atoms with Gasteiger partial charge in [-0.15, -0.1) is 0 Å². The number of nitrogens with one attached hydrogen (secondary N) is 1. The van der Waals surface area contributed by atoms with Gasteiger partial charge in [0.2, 0.25) is 5.95 Å². The lowest BCUT2D eigenvalue weighted by Gasteiger charge is -2.02. The average Bonchev–Trinajstić information content (AvgIpc) is 2.65. The minimum atomic E-state index is -0.523. The highest BCUT2D eigenvalue weighted by Crippen LogP contribution is 2.29. The molecule has 2 heterocycles. The minimum Gasteiger partial charge on any atom is -0.461 e. The number of furan rings is 1. The van der Waals surface area contributed by atoms with E-state index in [0.717, 1.165) is 6.20 Å². The number of hydrogen-bond donors (Lipinski definition) is 1. The van der Waals surface area contributed by atoms with Crippen LogP contribution in [0.5, 0.6) is 0 Å². The molecule has 2 aromatic heterocycles. The van der Waals surface area contributed by atoms with Crippen molar-refractivity contribution in [2.45, 2.75) is 0 Å². The molecule has 15 heavy (non-hydrogen) atoms. The van der Waals surface area contributed by atoms with Crippen LogP contribution in [0.25, 0.3) is 11.5 Å². The van der Waals surface area contributed by atoms with Crippen molar-refractivity contribution in [3.8, 4) is 11.5 Å². The van der Waals surface area contributed by atoms with Crippen LogP contribution in [0.2, 0.25) is 0 Å². The van der Waals surface area contributed by atoms with Crippen LogP contribution in [0.4, 0.5) is 10.3 Å². The third-order valence-corrected chi connectivity index (χ3v) is 2.42. The summed E-state index contributed by atoms with van der Waals surface area (Å²) in [5, 5.41) is 2.73. The van der Waals surface area contributed by atoms with Crippen molar-refractivity contribution in [3.05, 3.63) is 28.8 Å². The van der Waals surface area contributed by atoms with Gasteiger partial charge in [-0.2, -0.15) is 0 Å². The molecule has 0 fully saturated rings. The van der Waals surface area contributed by atoms with Gasteiger partial charge in [0.25, 0.3) is 0 Å².